The number of aromatic hydroxyl groups is 1. The monoisotopic (exact) mass is 1490 g/mol. The van der Waals surface area contributed by atoms with E-state index in [1.54, 1.807) is 6.07 Å². The van der Waals surface area contributed by atoms with Gasteiger partial charge in [-0.25, -0.2) is 4.98 Å². The fourth-order valence-electron chi connectivity index (χ4n) is 10.2. The number of carboxylic acids is 3. The number of aliphatic carboxylic acids is 3. The molecule has 8 aromatic rings. The minimum absolute atomic E-state index is 0.0233. The van der Waals surface area contributed by atoms with Gasteiger partial charge in [-0.05, 0) is 78.6 Å². The number of aromatic nitrogens is 3. The molecule has 36 heteroatoms. The summed E-state index contributed by atoms with van der Waals surface area (Å²) in [4.78, 5) is 127. The molecule has 16 N–H and O–H groups in total. The topological polar surface area (TPSA) is 495 Å². The van der Waals surface area contributed by atoms with Crippen molar-refractivity contribution in [2.45, 2.75) is 56.9 Å². The SMILES string of the molecule is O=C(NC[C@H](NCc1ccccc1)C(=O)O)c1ccc(NCCc2nc3ccccc3[nH]2)c([N+](=O)[O-])c1.O=C(NC[C@H](NCc1ccccc1)C(=O)O)c1ccc(OCCNC2=NCCCN2)c([N+](=O)[O-])c1.O=C(O)C[C@H](NC(=O)CNC(=O)c1cncc(NC2=NCCCN2)c1)c1cc(Cl)cc(Cl)c1O. The second-order valence-electron chi connectivity index (χ2n) is 23.4. The molecule has 10 rings (SSSR count). The molecule has 0 fully saturated rings. The van der Waals surface area contributed by atoms with Crippen LogP contribution in [-0.4, -0.2) is 176 Å². The summed E-state index contributed by atoms with van der Waals surface area (Å²) in [6, 6.07) is 35.0. The van der Waals surface area contributed by atoms with Crippen LogP contribution in [0.5, 0.6) is 11.5 Å². The largest absolute Gasteiger partial charge is 0.506 e. The Hall–Kier alpha value is -12.5. The Kier molecular flexibility index (Phi) is 30.1. The van der Waals surface area contributed by atoms with Crippen LogP contribution < -0.4 is 63.2 Å². The number of ether oxygens (including phenoxy) is 1. The smallest absolute Gasteiger partial charge is 0.322 e. The third-order valence-electron chi connectivity index (χ3n) is 15.6. The lowest BCUT2D eigenvalue weighted by Gasteiger charge is -2.19. The molecule has 2 aromatic heterocycles. The highest BCUT2D eigenvalue weighted by molar-refractivity contribution is 6.35. The Morgan fingerprint density at radius 1 is 0.632 bits per heavy atom. The second kappa shape index (κ2) is 40.4. The average molecular weight is 1500 g/mol. The van der Waals surface area contributed by atoms with Gasteiger partial charge in [0.25, 0.3) is 23.4 Å². The highest BCUT2D eigenvalue weighted by Gasteiger charge is 2.27. The number of para-hydroxylation sites is 2. The van der Waals surface area contributed by atoms with Crippen LogP contribution in [0.3, 0.4) is 0 Å². The molecule has 4 heterocycles. The zero-order valence-electron chi connectivity index (χ0n) is 56.6. The van der Waals surface area contributed by atoms with Crippen molar-refractivity contribution < 1.29 is 68.6 Å². The van der Waals surface area contributed by atoms with Crippen molar-refractivity contribution in [2.24, 2.45) is 9.98 Å². The number of guanidine groups is 2. The van der Waals surface area contributed by atoms with Crippen molar-refractivity contribution >= 4 is 110 Å². The first-order valence-electron chi connectivity index (χ1n) is 33.0. The lowest BCUT2D eigenvalue weighted by atomic mass is 10.0. The van der Waals surface area contributed by atoms with Gasteiger partial charge in [0, 0.05) is 105 Å². The van der Waals surface area contributed by atoms with Crippen LogP contribution in [0.2, 0.25) is 10.0 Å². The molecular weight excluding hydrogens is 1420 g/mol. The second-order valence-corrected chi connectivity index (χ2v) is 24.2. The molecule has 556 valence electrons. The number of carboxylic acid groups (broad SMARTS) is 3. The van der Waals surface area contributed by atoms with Gasteiger partial charge in [0.15, 0.2) is 17.7 Å². The van der Waals surface area contributed by atoms with E-state index in [2.05, 4.69) is 83.4 Å². The molecule has 2 aliphatic heterocycles. The van der Waals surface area contributed by atoms with Crippen LogP contribution in [0.15, 0.2) is 162 Å². The number of carbonyl (C=O) groups excluding carboxylic acids is 4. The predicted molar refractivity (Wildman–Crippen MR) is 393 cm³/mol. The van der Waals surface area contributed by atoms with E-state index in [1.165, 1.54) is 54.9 Å². The van der Waals surface area contributed by atoms with E-state index in [0.717, 1.165) is 66.5 Å². The molecule has 4 amide bonds. The number of phenolic OH excluding ortho intramolecular Hbond substituents is 1. The van der Waals surface area contributed by atoms with Gasteiger partial charge in [0.1, 0.15) is 36.0 Å². The Balaban J connectivity index is 0.000000201. The molecule has 0 bridgehead atoms. The number of halogens is 2. The first-order chi connectivity index (χ1) is 51.1. The molecule has 0 radical (unpaired) electrons. The summed E-state index contributed by atoms with van der Waals surface area (Å²) in [5, 5.41) is 92.6. The van der Waals surface area contributed by atoms with E-state index in [0.29, 0.717) is 56.8 Å². The molecule has 2 aliphatic rings. The number of rotatable bonds is 32. The average Bonchev–Trinajstić information content (AvgIpc) is 0.975. The summed E-state index contributed by atoms with van der Waals surface area (Å²) in [5.41, 5.74) is 4.09. The molecule has 0 saturated heterocycles. The number of pyridine rings is 1. The number of aliphatic imine (C=N–C) groups is 2. The molecule has 106 heavy (non-hydrogen) atoms. The van der Waals surface area contributed by atoms with E-state index >= 15 is 0 Å². The summed E-state index contributed by atoms with van der Waals surface area (Å²) in [5.74, 6) is -4.32. The Morgan fingerprint density at radius 2 is 1.22 bits per heavy atom. The van der Waals surface area contributed by atoms with Gasteiger partial charge in [-0.15, -0.1) is 0 Å². The van der Waals surface area contributed by atoms with E-state index in [4.69, 9.17) is 27.9 Å². The lowest BCUT2D eigenvalue weighted by Crippen LogP contribution is -2.45. The van der Waals surface area contributed by atoms with E-state index in [1.807, 2.05) is 84.9 Å². The number of hydrogen-bond acceptors (Lipinski definition) is 24. The fraction of sp³-hybridized carbons (Fsp3) is 0.271. The van der Waals surface area contributed by atoms with Crippen molar-refractivity contribution in [3.63, 3.8) is 0 Å². The van der Waals surface area contributed by atoms with Crippen molar-refractivity contribution in [3.05, 3.63) is 221 Å². The number of hydrogen-bond donors (Lipinski definition) is 16. The van der Waals surface area contributed by atoms with Gasteiger partial charge in [-0.1, -0.05) is 96.0 Å². The molecule has 0 saturated carbocycles. The number of anilines is 2. The maximum Gasteiger partial charge on any atom is 0.322 e. The third-order valence-corrected chi connectivity index (χ3v) is 16.1. The maximum atomic E-state index is 12.6. The van der Waals surface area contributed by atoms with Gasteiger partial charge in [0.05, 0.1) is 68.9 Å². The number of carbonyl (C=O) groups is 7. The lowest BCUT2D eigenvalue weighted by molar-refractivity contribution is -0.385. The number of amides is 4. The van der Waals surface area contributed by atoms with Gasteiger partial charge >= 0.3 is 23.6 Å². The van der Waals surface area contributed by atoms with Crippen LogP contribution >= 0.6 is 23.2 Å². The normalized spacial score (nSPS) is 13.0. The first kappa shape index (κ1) is 79.2. The Morgan fingerprint density at radius 3 is 1.80 bits per heavy atom. The number of imidazole rings is 1. The number of benzene rings is 6. The summed E-state index contributed by atoms with van der Waals surface area (Å²) >= 11 is 11.9. The summed E-state index contributed by atoms with van der Waals surface area (Å²) in [6.07, 6.45) is 4.75. The number of phenols is 1. The zero-order valence-corrected chi connectivity index (χ0v) is 58.1. The van der Waals surface area contributed by atoms with Gasteiger partial charge in [0.2, 0.25) is 5.91 Å². The first-order valence-corrected chi connectivity index (χ1v) is 33.8. The Labute approximate surface area is 614 Å². The van der Waals surface area contributed by atoms with E-state index in [9.17, 15) is 74.2 Å². The number of H-pyrrole nitrogens is 1. The summed E-state index contributed by atoms with van der Waals surface area (Å²) in [7, 11) is 0. The van der Waals surface area contributed by atoms with Crippen LogP contribution in [0.25, 0.3) is 11.0 Å². The number of aromatic amines is 1. The quantitative estimate of drug-likeness (QED) is 0.0132. The van der Waals surface area contributed by atoms with Gasteiger partial charge in [-0.2, -0.15) is 0 Å². The van der Waals surface area contributed by atoms with Crippen molar-refractivity contribution in [2.75, 3.05) is 76.1 Å². The van der Waals surface area contributed by atoms with Gasteiger partial charge in [-0.3, -0.25) is 79.4 Å². The number of nitrogens with zero attached hydrogens (tertiary/aromatic N) is 6. The van der Waals surface area contributed by atoms with Crippen molar-refractivity contribution in [1.29, 1.82) is 0 Å². The summed E-state index contributed by atoms with van der Waals surface area (Å²) in [6.45, 7) is 3.77. The van der Waals surface area contributed by atoms with E-state index < -0.39 is 88.2 Å². The third kappa shape index (κ3) is 25.2. The van der Waals surface area contributed by atoms with Crippen LogP contribution in [0.4, 0.5) is 22.7 Å². The fourth-order valence-corrected chi connectivity index (χ4v) is 10.7. The van der Waals surface area contributed by atoms with Crippen LogP contribution in [0.1, 0.15) is 78.9 Å². The zero-order chi connectivity index (χ0) is 75.9. The van der Waals surface area contributed by atoms with Crippen LogP contribution in [0, 0.1) is 20.2 Å². The number of fused-ring (bicyclic) bond motifs is 1. The highest BCUT2D eigenvalue weighted by Crippen LogP contribution is 2.36. The molecule has 0 aliphatic carbocycles. The Bertz CT molecular complexity index is 4450. The minimum atomic E-state index is -1.22. The summed E-state index contributed by atoms with van der Waals surface area (Å²) < 4.78 is 5.52. The van der Waals surface area contributed by atoms with Crippen molar-refractivity contribution in [1.82, 2.24) is 62.8 Å². The standard InChI is InChI=1S/C26H26N6O5.C23H28N6O6.C21H22Cl2N6O5/c33-25(29-16-22(26(34)35)28-15-17-6-2-1-3-7-17)18-10-11-21(23(14-18)32(36)37)27-13-12-24-30-19-8-4-5-9-20(19)31-24;30-21(28-15-18(22(31)32)27-14-16-5-2-1-3-6-16)17-7-8-20(19(13-17)29(33)34)35-12-11-26-23-24-9-4-10-25-23;22-12-5-14(19(33)15(23)6-12)16(7-18(31)32)29-17(30)10-27-20(34)11-4-13(9-24-8-11)28-21-25-2-1-3-26-21/h1-11,14,22,27-28H,12-13,15-16H2,(H,29,33)(H,30,31)(H,34,35);1-3,5-8,13,18,27H,4,9-12,14-15H2,(H,28,30)(H,31,32)(H2,24,25,26);4-6,8-9,16,33H,1-3,7,10H2,(H,27,34)(H,29,30)(H,31,32)(H2,25,26,28)/t22-;18-;16-/m000/s1. The number of nitro benzene ring substituents is 2. The maximum absolute atomic E-state index is 12.6. The predicted octanol–water partition coefficient (Wildman–Crippen LogP) is 5.90. The number of nitrogens with one attached hydrogen (secondary N) is 12. The molecule has 34 nitrogen and oxygen atoms in total. The van der Waals surface area contributed by atoms with Gasteiger partial charge < -0.3 is 78.0 Å². The minimum Gasteiger partial charge on any atom is -0.506 e. The molecular formula is C70H76Cl2N18O16. The molecule has 6 aromatic carbocycles. The van der Waals surface area contributed by atoms with Crippen molar-refractivity contribution in [3.8, 4) is 11.5 Å². The molecule has 0 spiro atoms. The number of nitro groups is 2. The molecule has 3 atom stereocenters. The molecule has 0 unspecified atom stereocenters. The van der Waals surface area contributed by atoms with E-state index in [-0.39, 0.29) is 74.8 Å². The van der Waals surface area contributed by atoms with Crippen LogP contribution in [-0.2, 0) is 38.7 Å². The highest BCUT2D eigenvalue weighted by atomic mass is 35.5.